The van der Waals surface area contributed by atoms with Crippen LogP contribution in [-0.4, -0.2) is 50.8 Å². The summed E-state index contributed by atoms with van der Waals surface area (Å²) in [6, 6.07) is 0. The normalized spacial score (nSPS) is 11.0. The van der Waals surface area contributed by atoms with Crippen LogP contribution < -0.4 is 22.9 Å². The summed E-state index contributed by atoms with van der Waals surface area (Å²) in [5.41, 5.74) is 24.8. The Morgan fingerprint density at radius 2 is 1.07 bits per heavy atom. The van der Waals surface area contributed by atoms with Gasteiger partial charge in [0, 0.05) is 24.8 Å². The Balaban J connectivity index is 0.000000171. The van der Waals surface area contributed by atoms with Crippen LogP contribution >= 0.6 is 23.2 Å². The third-order valence-corrected chi connectivity index (χ3v) is 4.62. The van der Waals surface area contributed by atoms with E-state index in [-0.39, 0.29) is 11.9 Å². The van der Waals surface area contributed by atoms with Gasteiger partial charge in [-0.3, -0.25) is 0 Å². The van der Waals surface area contributed by atoms with E-state index in [1.165, 1.54) is 0 Å². The van der Waals surface area contributed by atoms with Crippen molar-refractivity contribution in [3.63, 3.8) is 0 Å². The summed E-state index contributed by atoms with van der Waals surface area (Å²) in [4.78, 5) is 24.1. The molecule has 0 spiro atoms. The zero-order chi connectivity index (χ0) is 21.7. The average molecular weight is 453 g/mol. The Morgan fingerprint density at radius 3 is 1.43 bits per heavy atom. The quantitative estimate of drug-likeness (QED) is 0.309. The van der Waals surface area contributed by atoms with E-state index in [0.717, 1.165) is 25.9 Å². The second kappa shape index (κ2) is 9.59. The molecule has 0 fully saturated rings. The van der Waals surface area contributed by atoms with Crippen molar-refractivity contribution in [2.45, 2.75) is 25.9 Å². The number of hydrogen-bond acceptors (Lipinski definition) is 10. The van der Waals surface area contributed by atoms with Crippen LogP contribution in [-0.2, 0) is 13.1 Å². The first kappa shape index (κ1) is 21.6. The van der Waals surface area contributed by atoms with Crippen molar-refractivity contribution < 1.29 is 0 Å². The molecule has 0 atom stereocenters. The SMILES string of the molecule is Nc1nc(N)c2ncn(CCCCl)c2n1.Nc1nc(N)c2ncn(CCCCl)c2n1. The highest BCUT2D eigenvalue weighted by Gasteiger charge is 2.10. The summed E-state index contributed by atoms with van der Waals surface area (Å²) in [6.07, 6.45) is 5.02. The van der Waals surface area contributed by atoms with Gasteiger partial charge in [-0.2, -0.15) is 19.9 Å². The molecule has 14 heteroatoms. The Bertz CT molecular complexity index is 1050. The smallest absolute Gasteiger partial charge is 0.224 e. The van der Waals surface area contributed by atoms with Gasteiger partial charge in [0.15, 0.2) is 22.9 Å². The fraction of sp³-hybridized carbons (Fsp3) is 0.375. The predicted octanol–water partition coefficient (Wildman–Crippen LogP) is 1.24. The van der Waals surface area contributed by atoms with Crippen molar-refractivity contribution in [2.24, 2.45) is 0 Å². The van der Waals surface area contributed by atoms with Crippen LogP contribution in [0.15, 0.2) is 12.7 Å². The highest BCUT2D eigenvalue weighted by Crippen LogP contribution is 2.18. The molecule has 0 aromatic carbocycles. The number of hydrogen-bond donors (Lipinski definition) is 4. The molecule has 4 aromatic heterocycles. The Morgan fingerprint density at radius 1 is 0.667 bits per heavy atom. The molecule has 0 radical (unpaired) electrons. The van der Waals surface area contributed by atoms with Crippen molar-refractivity contribution >= 4 is 69.1 Å². The number of imidazole rings is 2. The molecule has 0 amide bonds. The van der Waals surface area contributed by atoms with Crippen molar-refractivity contribution in [1.29, 1.82) is 0 Å². The van der Waals surface area contributed by atoms with Gasteiger partial charge in [-0.1, -0.05) is 0 Å². The number of halogens is 2. The molecule has 0 saturated heterocycles. The summed E-state index contributed by atoms with van der Waals surface area (Å²) in [5.74, 6) is 2.12. The predicted molar refractivity (Wildman–Crippen MR) is 119 cm³/mol. The van der Waals surface area contributed by atoms with E-state index in [4.69, 9.17) is 46.1 Å². The molecule has 0 unspecified atom stereocenters. The average Bonchev–Trinajstić information content (AvgIpc) is 3.29. The molecule has 4 heterocycles. The summed E-state index contributed by atoms with van der Waals surface area (Å²) in [6.45, 7) is 1.49. The number of nitrogens with two attached hydrogens (primary N) is 4. The van der Waals surface area contributed by atoms with E-state index < -0.39 is 0 Å². The van der Waals surface area contributed by atoms with Gasteiger partial charge in [-0.25, -0.2) is 9.97 Å². The minimum atomic E-state index is 0.160. The lowest BCUT2D eigenvalue weighted by molar-refractivity contribution is 0.695. The van der Waals surface area contributed by atoms with Gasteiger partial charge >= 0.3 is 0 Å². The maximum atomic E-state index is 5.67. The number of aryl methyl sites for hydroxylation is 2. The highest BCUT2D eigenvalue weighted by molar-refractivity contribution is 6.18. The number of alkyl halides is 2. The largest absolute Gasteiger partial charge is 0.382 e. The van der Waals surface area contributed by atoms with Crippen LogP contribution in [0.1, 0.15) is 12.8 Å². The molecule has 0 aliphatic rings. The van der Waals surface area contributed by atoms with Crippen molar-refractivity contribution in [2.75, 3.05) is 34.7 Å². The van der Waals surface area contributed by atoms with E-state index in [2.05, 4.69) is 29.9 Å². The Kier molecular flexibility index (Phi) is 6.90. The molecular weight excluding hydrogens is 431 g/mol. The maximum absolute atomic E-state index is 5.67. The van der Waals surface area contributed by atoms with Gasteiger partial charge in [0.05, 0.1) is 12.7 Å². The lowest BCUT2D eigenvalue weighted by Crippen LogP contribution is -2.03. The number of nitrogen functional groups attached to an aromatic ring is 4. The zero-order valence-corrected chi connectivity index (χ0v) is 17.6. The fourth-order valence-corrected chi connectivity index (χ4v) is 2.99. The molecular formula is C16H22Cl2N12. The zero-order valence-electron chi connectivity index (χ0n) is 16.0. The Labute approximate surface area is 181 Å². The van der Waals surface area contributed by atoms with Crippen molar-refractivity contribution in [3.8, 4) is 0 Å². The molecule has 0 bridgehead atoms. The lowest BCUT2D eigenvalue weighted by Gasteiger charge is -2.02. The number of rotatable bonds is 6. The molecule has 4 aromatic rings. The number of nitrogens with zero attached hydrogens (tertiary/aromatic N) is 8. The van der Waals surface area contributed by atoms with E-state index in [1.54, 1.807) is 12.7 Å². The van der Waals surface area contributed by atoms with Gasteiger partial charge in [0.1, 0.15) is 11.0 Å². The first-order valence-corrected chi connectivity index (χ1v) is 10.1. The highest BCUT2D eigenvalue weighted by atomic mass is 35.5. The minimum absolute atomic E-state index is 0.160. The van der Waals surface area contributed by atoms with E-state index in [1.807, 2.05) is 9.13 Å². The summed E-state index contributed by atoms with van der Waals surface area (Å²) in [7, 11) is 0. The second-order valence-corrected chi connectivity index (χ2v) is 7.00. The summed E-state index contributed by atoms with van der Waals surface area (Å²) >= 11 is 11.2. The lowest BCUT2D eigenvalue weighted by atomic mass is 10.4. The molecule has 30 heavy (non-hydrogen) atoms. The number of anilines is 4. The van der Waals surface area contributed by atoms with Crippen molar-refractivity contribution in [1.82, 2.24) is 39.0 Å². The van der Waals surface area contributed by atoms with E-state index >= 15 is 0 Å². The third kappa shape index (κ3) is 4.71. The molecule has 4 rings (SSSR count). The molecule has 0 aliphatic heterocycles. The summed E-state index contributed by atoms with van der Waals surface area (Å²) < 4.78 is 3.73. The van der Waals surface area contributed by atoms with Gasteiger partial charge in [0.2, 0.25) is 11.9 Å². The molecule has 160 valence electrons. The Hall–Kier alpha value is -3.12. The van der Waals surface area contributed by atoms with Crippen LogP contribution in [0.4, 0.5) is 23.5 Å². The number of fused-ring (bicyclic) bond motifs is 2. The summed E-state index contributed by atoms with van der Waals surface area (Å²) in [5, 5.41) is 0. The van der Waals surface area contributed by atoms with Gasteiger partial charge in [-0.15, -0.1) is 23.2 Å². The van der Waals surface area contributed by atoms with Crippen LogP contribution in [0.25, 0.3) is 22.3 Å². The van der Waals surface area contributed by atoms with Gasteiger partial charge < -0.3 is 32.1 Å². The van der Waals surface area contributed by atoms with Crippen LogP contribution in [0, 0.1) is 0 Å². The molecule has 8 N–H and O–H groups in total. The van der Waals surface area contributed by atoms with Crippen LogP contribution in [0.5, 0.6) is 0 Å². The van der Waals surface area contributed by atoms with E-state index in [0.29, 0.717) is 45.7 Å². The molecule has 12 nitrogen and oxygen atoms in total. The van der Waals surface area contributed by atoms with Crippen LogP contribution in [0.2, 0.25) is 0 Å². The second-order valence-electron chi connectivity index (χ2n) is 6.24. The van der Waals surface area contributed by atoms with E-state index in [9.17, 15) is 0 Å². The standard InChI is InChI=1S/2C8H11ClN6/c2*9-2-1-3-15-4-12-5-6(10)13-8(11)14-7(5)15/h2*4H,1-3H2,(H4,10,11,13,14). The first-order valence-electron chi connectivity index (χ1n) is 9.04. The minimum Gasteiger partial charge on any atom is -0.382 e. The first-order chi connectivity index (χ1) is 14.4. The fourth-order valence-electron chi connectivity index (χ4n) is 2.75. The van der Waals surface area contributed by atoms with Gasteiger partial charge in [-0.05, 0) is 12.8 Å². The third-order valence-electron chi connectivity index (χ3n) is 4.08. The topological polar surface area (TPSA) is 191 Å². The molecule has 0 saturated carbocycles. The van der Waals surface area contributed by atoms with Crippen molar-refractivity contribution in [3.05, 3.63) is 12.7 Å². The number of aromatic nitrogens is 8. The maximum Gasteiger partial charge on any atom is 0.224 e. The monoisotopic (exact) mass is 452 g/mol. The molecule has 0 aliphatic carbocycles. The van der Waals surface area contributed by atoms with Gasteiger partial charge in [0.25, 0.3) is 0 Å². The van der Waals surface area contributed by atoms with Crippen LogP contribution in [0.3, 0.4) is 0 Å².